The van der Waals surface area contributed by atoms with Crippen molar-refractivity contribution in [3.05, 3.63) is 17.2 Å². The summed E-state index contributed by atoms with van der Waals surface area (Å²) in [6.07, 6.45) is 2.48. The Hall–Kier alpha value is -1.17. The van der Waals surface area contributed by atoms with E-state index in [0.717, 1.165) is 11.2 Å². The largest absolute Gasteiger partial charge is 0.491 e. The summed E-state index contributed by atoms with van der Waals surface area (Å²) >= 11 is 6.16. The van der Waals surface area contributed by atoms with Crippen LogP contribution in [-0.4, -0.2) is 41.8 Å². The first-order valence-corrected chi connectivity index (χ1v) is 8.53. The molecule has 0 saturated carbocycles. The molecule has 0 spiro atoms. The summed E-state index contributed by atoms with van der Waals surface area (Å²) in [6, 6.07) is 4.13. The van der Waals surface area contributed by atoms with Gasteiger partial charge in [-0.3, -0.25) is 4.90 Å². The zero-order chi connectivity index (χ0) is 16.2. The second-order valence-corrected chi connectivity index (χ2v) is 7.50. The van der Waals surface area contributed by atoms with Gasteiger partial charge in [0.05, 0.1) is 17.5 Å². The van der Waals surface area contributed by atoms with Crippen molar-refractivity contribution >= 4 is 40.8 Å². The van der Waals surface area contributed by atoms with E-state index >= 15 is 0 Å². The van der Waals surface area contributed by atoms with Gasteiger partial charge in [-0.25, -0.2) is 0 Å². The van der Waals surface area contributed by atoms with E-state index in [0.29, 0.717) is 28.3 Å². The van der Waals surface area contributed by atoms with Gasteiger partial charge in [0.15, 0.2) is 11.6 Å². The van der Waals surface area contributed by atoms with Crippen molar-refractivity contribution in [1.29, 1.82) is 0 Å². The minimum atomic E-state index is 0. The van der Waals surface area contributed by atoms with Gasteiger partial charge in [0.1, 0.15) is 0 Å². The van der Waals surface area contributed by atoms with Crippen molar-refractivity contribution in [1.82, 2.24) is 10.1 Å². The molecule has 5 rings (SSSR count). The van der Waals surface area contributed by atoms with Crippen LogP contribution in [0.1, 0.15) is 26.7 Å². The maximum Gasteiger partial charge on any atom is 0.212 e. The average Bonchev–Trinajstić information content (AvgIpc) is 2.94. The van der Waals surface area contributed by atoms with Gasteiger partial charge in [0.2, 0.25) is 5.58 Å². The minimum absolute atomic E-state index is 0. The van der Waals surface area contributed by atoms with Gasteiger partial charge in [-0.2, -0.15) is 0 Å². The zero-order valence-electron chi connectivity index (χ0n) is 14.1. The van der Waals surface area contributed by atoms with Gasteiger partial charge >= 0.3 is 0 Å². The van der Waals surface area contributed by atoms with E-state index in [1.807, 2.05) is 12.1 Å². The summed E-state index contributed by atoms with van der Waals surface area (Å²) in [5.74, 6) is 2.00. The van der Waals surface area contributed by atoms with Gasteiger partial charge in [0, 0.05) is 11.6 Å². The predicted molar refractivity (Wildman–Crippen MR) is 98.6 cm³/mol. The number of halogens is 2. The molecule has 132 valence electrons. The van der Waals surface area contributed by atoms with Crippen LogP contribution < -0.4 is 10.1 Å². The van der Waals surface area contributed by atoms with Crippen LogP contribution in [-0.2, 0) is 0 Å². The van der Waals surface area contributed by atoms with Crippen molar-refractivity contribution in [3.63, 3.8) is 0 Å². The first-order chi connectivity index (χ1) is 11.0. The van der Waals surface area contributed by atoms with Crippen LogP contribution in [0.5, 0.6) is 5.75 Å². The molecule has 1 aromatic carbocycles. The first-order valence-electron chi connectivity index (χ1n) is 8.16. The van der Waals surface area contributed by atoms with Crippen LogP contribution >= 0.6 is 24.0 Å². The number of anilines is 1. The van der Waals surface area contributed by atoms with Crippen molar-refractivity contribution in [3.8, 4) is 5.75 Å². The molecule has 3 fully saturated rings. The van der Waals surface area contributed by atoms with Gasteiger partial charge in [-0.15, -0.1) is 12.4 Å². The molecule has 0 unspecified atom stereocenters. The Kier molecular flexibility index (Phi) is 4.62. The maximum atomic E-state index is 6.16. The summed E-state index contributed by atoms with van der Waals surface area (Å²) in [6.45, 7) is 7.02. The maximum absolute atomic E-state index is 6.16. The first kappa shape index (κ1) is 17.6. The topological polar surface area (TPSA) is 50.5 Å². The Bertz CT molecular complexity index is 739. The van der Waals surface area contributed by atoms with Crippen LogP contribution in [0.25, 0.3) is 11.0 Å². The fourth-order valence-corrected chi connectivity index (χ4v) is 4.50. The normalized spacial score (nSPS) is 27.8. The molecule has 0 aliphatic carbocycles. The Labute approximate surface area is 153 Å². The molecule has 2 bridgehead atoms. The molecule has 7 heteroatoms. The molecular weight excluding hydrogens is 349 g/mol. The number of nitrogens with zero attached hydrogens (tertiary/aromatic N) is 2. The molecule has 3 saturated heterocycles. The summed E-state index contributed by atoms with van der Waals surface area (Å²) in [4.78, 5) is 2.57. The summed E-state index contributed by atoms with van der Waals surface area (Å²) in [5, 5.41) is 9.34. The number of fused-ring (bicyclic) bond motifs is 4. The highest BCUT2D eigenvalue weighted by molar-refractivity contribution is 6.33. The lowest BCUT2D eigenvalue weighted by molar-refractivity contribution is -0.0189. The lowest BCUT2D eigenvalue weighted by Crippen LogP contribution is -2.66. The number of nitrogens with one attached hydrogen (secondary N) is 1. The van der Waals surface area contributed by atoms with Crippen molar-refractivity contribution < 1.29 is 9.26 Å². The molecule has 5 nitrogen and oxygen atoms in total. The number of methoxy groups -OCH3 is 1. The fraction of sp³-hybridized carbons (Fsp3) is 0.588. The Morgan fingerprint density at radius 2 is 2.04 bits per heavy atom. The monoisotopic (exact) mass is 371 g/mol. The van der Waals surface area contributed by atoms with Crippen LogP contribution in [0.3, 0.4) is 0 Å². The molecule has 24 heavy (non-hydrogen) atoms. The van der Waals surface area contributed by atoms with E-state index in [1.165, 1.54) is 25.9 Å². The zero-order valence-corrected chi connectivity index (χ0v) is 15.7. The summed E-state index contributed by atoms with van der Waals surface area (Å²) in [5.41, 5.74) is 0.713. The number of rotatable bonds is 3. The van der Waals surface area contributed by atoms with E-state index in [4.69, 9.17) is 20.9 Å². The molecule has 3 aliphatic heterocycles. The van der Waals surface area contributed by atoms with E-state index in [9.17, 15) is 0 Å². The lowest BCUT2D eigenvalue weighted by Gasteiger charge is -2.56. The second kappa shape index (κ2) is 6.28. The van der Waals surface area contributed by atoms with Crippen molar-refractivity contribution in [2.24, 2.45) is 5.92 Å². The van der Waals surface area contributed by atoms with E-state index in [2.05, 4.69) is 29.2 Å². The molecule has 3 aliphatic rings. The smallest absolute Gasteiger partial charge is 0.212 e. The number of benzene rings is 1. The highest BCUT2D eigenvalue weighted by Gasteiger charge is 2.47. The van der Waals surface area contributed by atoms with E-state index in [-0.39, 0.29) is 17.9 Å². The highest BCUT2D eigenvalue weighted by Crippen LogP contribution is 2.42. The number of hydrogen-bond donors (Lipinski definition) is 1. The van der Waals surface area contributed by atoms with E-state index in [1.54, 1.807) is 7.11 Å². The summed E-state index contributed by atoms with van der Waals surface area (Å²) in [7, 11) is 1.59. The van der Waals surface area contributed by atoms with Gasteiger partial charge in [-0.05, 0) is 57.8 Å². The predicted octanol–water partition coefficient (Wildman–Crippen LogP) is 4.20. The van der Waals surface area contributed by atoms with Crippen LogP contribution in [0.2, 0.25) is 5.02 Å². The quantitative estimate of drug-likeness (QED) is 0.875. The minimum Gasteiger partial charge on any atom is -0.491 e. The Morgan fingerprint density at radius 1 is 1.33 bits per heavy atom. The number of ether oxygens (including phenoxy) is 1. The molecular formula is C17H23Cl2N3O2. The third-order valence-corrected chi connectivity index (χ3v) is 5.93. The standard InChI is InChI=1S/C17H22ClN3O2.ClH/c1-17(2)15(10-6-8-21(17)9-7-10)19-16-11-4-5-12(18)14(22-3)13(11)23-20-16;/h4-5,10,15H,6-9H2,1-3H3,(H,19,20);1H/t15-;/m1./s1. The van der Waals surface area contributed by atoms with Gasteiger partial charge in [0.25, 0.3) is 0 Å². The molecule has 1 atom stereocenters. The average molecular weight is 372 g/mol. The second-order valence-electron chi connectivity index (χ2n) is 7.09. The lowest BCUT2D eigenvalue weighted by atomic mass is 9.72. The number of aromatic nitrogens is 1. The molecule has 0 radical (unpaired) electrons. The molecule has 4 heterocycles. The fourth-order valence-electron chi connectivity index (χ4n) is 4.27. The molecule has 0 amide bonds. The third-order valence-electron chi connectivity index (χ3n) is 5.63. The van der Waals surface area contributed by atoms with Crippen LogP contribution in [0.4, 0.5) is 5.82 Å². The Balaban J connectivity index is 0.00000169. The van der Waals surface area contributed by atoms with Gasteiger partial charge in [-0.1, -0.05) is 16.8 Å². The molecule has 2 aromatic rings. The van der Waals surface area contributed by atoms with Crippen LogP contribution in [0, 0.1) is 5.92 Å². The van der Waals surface area contributed by atoms with Crippen molar-refractivity contribution in [2.75, 3.05) is 25.5 Å². The van der Waals surface area contributed by atoms with Crippen molar-refractivity contribution in [2.45, 2.75) is 38.3 Å². The summed E-state index contributed by atoms with van der Waals surface area (Å²) < 4.78 is 10.9. The van der Waals surface area contributed by atoms with E-state index < -0.39 is 0 Å². The SMILES string of the molecule is COc1c(Cl)ccc2c(N[C@@H]3C4CCN(CC4)C3(C)C)noc12.Cl. The van der Waals surface area contributed by atoms with Gasteiger partial charge < -0.3 is 14.6 Å². The number of hydrogen-bond acceptors (Lipinski definition) is 5. The third kappa shape index (κ3) is 2.54. The van der Waals surface area contributed by atoms with Crippen LogP contribution in [0.15, 0.2) is 16.7 Å². The Morgan fingerprint density at radius 3 is 2.67 bits per heavy atom. The number of piperidine rings is 3. The highest BCUT2D eigenvalue weighted by atomic mass is 35.5. The molecule has 1 N–H and O–H groups in total. The molecule has 1 aromatic heterocycles.